The molecule has 4 heteroatoms. The number of H-pyrrole nitrogens is 1. The van der Waals surface area contributed by atoms with Gasteiger partial charge in [0.1, 0.15) is 17.1 Å². The van der Waals surface area contributed by atoms with Gasteiger partial charge in [-0.25, -0.2) is 9.97 Å². The summed E-state index contributed by atoms with van der Waals surface area (Å²) in [5, 5.41) is 1.53. The highest BCUT2D eigenvalue weighted by Crippen LogP contribution is 2.32. The minimum atomic E-state index is 0.418. The van der Waals surface area contributed by atoms with Crippen molar-refractivity contribution in [2.75, 3.05) is 0 Å². The molecular weight excluding hydrogens is 234 g/mol. The molecule has 0 fully saturated rings. The number of aromatic nitrogens is 3. The lowest BCUT2D eigenvalue weighted by Crippen LogP contribution is -1.99. The predicted molar refractivity (Wildman–Crippen MR) is 71.5 cm³/mol. The summed E-state index contributed by atoms with van der Waals surface area (Å²) in [6.07, 6.45) is 2.52. The predicted octanol–water partition coefficient (Wildman–Crippen LogP) is 3.93. The van der Waals surface area contributed by atoms with E-state index in [4.69, 9.17) is 11.6 Å². The van der Waals surface area contributed by atoms with Crippen LogP contribution >= 0.6 is 11.6 Å². The van der Waals surface area contributed by atoms with E-state index in [0.717, 1.165) is 17.5 Å². The van der Waals surface area contributed by atoms with E-state index in [1.165, 1.54) is 17.6 Å². The number of rotatable bonds is 3. The van der Waals surface area contributed by atoms with Gasteiger partial charge < -0.3 is 4.98 Å². The molecule has 0 saturated carbocycles. The van der Waals surface area contributed by atoms with Crippen LogP contribution in [0.1, 0.15) is 44.9 Å². The second-order valence-electron chi connectivity index (χ2n) is 5.16. The van der Waals surface area contributed by atoms with E-state index in [1.807, 2.05) is 0 Å². The maximum atomic E-state index is 6.19. The summed E-state index contributed by atoms with van der Waals surface area (Å²) in [5.74, 6) is 1.02. The van der Waals surface area contributed by atoms with Crippen LogP contribution in [0.25, 0.3) is 11.0 Å². The van der Waals surface area contributed by atoms with Gasteiger partial charge in [0, 0.05) is 5.69 Å². The van der Waals surface area contributed by atoms with Crippen molar-refractivity contribution in [1.29, 1.82) is 0 Å². The Morgan fingerprint density at radius 1 is 1.24 bits per heavy atom. The first-order valence-electron chi connectivity index (χ1n) is 6.01. The van der Waals surface area contributed by atoms with Crippen LogP contribution in [0.15, 0.2) is 6.33 Å². The number of nitrogens with one attached hydrogen (secondary N) is 1. The molecular formula is C13H18ClN3. The molecule has 0 unspecified atom stereocenters. The smallest absolute Gasteiger partial charge is 0.142 e. The summed E-state index contributed by atoms with van der Waals surface area (Å²) in [6.45, 7) is 8.78. The van der Waals surface area contributed by atoms with Gasteiger partial charge in [0.15, 0.2) is 0 Å². The lowest BCUT2D eigenvalue weighted by Gasteiger charge is -2.10. The first-order valence-corrected chi connectivity index (χ1v) is 6.39. The molecule has 0 aliphatic heterocycles. The fraction of sp³-hybridized carbons (Fsp3) is 0.538. The Bertz CT molecular complexity index is 529. The van der Waals surface area contributed by atoms with Gasteiger partial charge in [-0.05, 0) is 23.8 Å². The maximum Gasteiger partial charge on any atom is 0.142 e. The SMILES string of the molecule is CC(C)Cc1[nH]c2ncnc(Cl)c2c1C(C)C. The third-order valence-electron chi connectivity index (χ3n) is 2.85. The van der Waals surface area contributed by atoms with Gasteiger partial charge in [0.2, 0.25) is 0 Å². The molecule has 3 nitrogen and oxygen atoms in total. The van der Waals surface area contributed by atoms with Crippen molar-refractivity contribution < 1.29 is 0 Å². The van der Waals surface area contributed by atoms with Crippen molar-refractivity contribution in [1.82, 2.24) is 15.0 Å². The average Bonchev–Trinajstić information content (AvgIpc) is 2.56. The Kier molecular flexibility index (Phi) is 3.38. The summed E-state index contributed by atoms with van der Waals surface area (Å²) in [5.41, 5.74) is 3.36. The van der Waals surface area contributed by atoms with Gasteiger partial charge in [0.25, 0.3) is 0 Å². The fourth-order valence-corrected chi connectivity index (χ4v) is 2.50. The highest BCUT2D eigenvalue weighted by molar-refractivity contribution is 6.34. The van der Waals surface area contributed by atoms with Crippen molar-refractivity contribution in [3.8, 4) is 0 Å². The topological polar surface area (TPSA) is 41.6 Å². The van der Waals surface area contributed by atoms with E-state index >= 15 is 0 Å². The lowest BCUT2D eigenvalue weighted by atomic mass is 9.96. The van der Waals surface area contributed by atoms with Gasteiger partial charge in [-0.15, -0.1) is 0 Å². The minimum Gasteiger partial charge on any atom is -0.343 e. The second-order valence-corrected chi connectivity index (χ2v) is 5.52. The highest BCUT2D eigenvalue weighted by atomic mass is 35.5. The normalized spacial score (nSPS) is 11.9. The molecule has 0 amide bonds. The van der Waals surface area contributed by atoms with Gasteiger partial charge in [-0.1, -0.05) is 39.3 Å². The molecule has 0 aliphatic rings. The van der Waals surface area contributed by atoms with Crippen LogP contribution in [0.5, 0.6) is 0 Å². The standard InChI is InChI=1S/C13H18ClN3/c1-7(2)5-9-10(8(3)4)11-12(14)15-6-16-13(11)17-9/h6-8H,5H2,1-4H3,(H,15,16,17). The molecule has 0 radical (unpaired) electrons. The monoisotopic (exact) mass is 251 g/mol. The van der Waals surface area contributed by atoms with E-state index in [-0.39, 0.29) is 0 Å². The summed E-state index contributed by atoms with van der Waals surface area (Å²) < 4.78 is 0. The number of fused-ring (bicyclic) bond motifs is 1. The van der Waals surface area contributed by atoms with Crippen LogP contribution in [-0.4, -0.2) is 15.0 Å². The van der Waals surface area contributed by atoms with Gasteiger partial charge in [0.05, 0.1) is 5.39 Å². The zero-order valence-electron chi connectivity index (χ0n) is 10.7. The Morgan fingerprint density at radius 3 is 2.53 bits per heavy atom. The van der Waals surface area contributed by atoms with Crippen molar-refractivity contribution in [2.24, 2.45) is 5.92 Å². The quantitative estimate of drug-likeness (QED) is 0.840. The van der Waals surface area contributed by atoms with E-state index in [2.05, 4.69) is 42.6 Å². The number of nitrogens with zero attached hydrogens (tertiary/aromatic N) is 2. The molecule has 0 spiro atoms. The number of hydrogen-bond donors (Lipinski definition) is 1. The summed E-state index contributed by atoms with van der Waals surface area (Å²) in [6, 6.07) is 0. The zero-order chi connectivity index (χ0) is 12.6. The molecule has 2 aromatic heterocycles. The third kappa shape index (κ3) is 2.29. The largest absolute Gasteiger partial charge is 0.343 e. The van der Waals surface area contributed by atoms with Crippen LogP contribution in [-0.2, 0) is 6.42 Å². The van der Waals surface area contributed by atoms with Crippen molar-refractivity contribution in [3.05, 3.63) is 22.7 Å². The number of aromatic amines is 1. The van der Waals surface area contributed by atoms with Crippen molar-refractivity contribution in [2.45, 2.75) is 40.0 Å². The molecule has 1 N–H and O–H groups in total. The molecule has 2 aromatic rings. The minimum absolute atomic E-state index is 0.418. The van der Waals surface area contributed by atoms with Crippen LogP contribution < -0.4 is 0 Å². The summed E-state index contributed by atoms with van der Waals surface area (Å²) in [7, 11) is 0. The molecule has 2 heterocycles. The van der Waals surface area contributed by atoms with Crippen LogP contribution in [0.2, 0.25) is 5.15 Å². The Morgan fingerprint density at radius 2 is 1.94 bits per heavy atom. The first-order chi connectivity index (χ1) is 8.00. The molecule has 0 atom stereocenters. The van der Waals surface area contributed by atoms with Crippen molar-refractivity contribution in [3.63, 3.8) is 0 Å². The van der Waals surface area contributed by atoms with E-state index in [0.29, 0.717) is 17.0 Å². The maximum absolute atomic E-state index is 6.19. The molecule has 0 aromatic carbocycles. The molecule has 92 valence electrons. The number of hydrogen-bond acceptors (Lipinski definition) is 2. The van der Waals surface area contributed by atoms with Gasteiger partial charge in [-0.2, -0.15) is 0 Å². The molecule has 0 saturated heterocycles. The Balaban J connectivity index is 2.67. The molecule has 2 rings (SSSR count). The molecule has 0 aliphatic carbocycles. The van der Waals surface area contributed by atoms with Gasteiger partial charge in [-0.3, -0.25) is 0 Å². The van der Waals surface area contributed by atoms with Crippen LogP contribution in [0.4, 0.5) is 0 Å². The van der Waals surface area contributed by atoms with Crippen molar-refractivity contribution >= 4 is 22.6 Å². The Labute approximate surface area is 107 Å². The zero-order valence-corrected chi connectivity index (χ0v) is 11.5. The highest BCUT2D eigenvalue weighted by Gasteiger charge is 2.18. The van der Waals surface area contributed by atoms with Gasteiger partial charge >= 0.3 is 0 Å². The molecule has 17 heavy (non-hydrogen) atoms. The van der Waals surface area contributed by atoms with Crippen LogP contribution in [0.3, 0.4) is 0 Å². The van der Waals surface area contributed by atoms with E-state index < -0.39 is 0 Å². The third-order valence-corrected chi connectivity index (χ3v) is 3.14. The first kappa shape index (κ1) is 12.4. The average molecular weight is 252 g/mol. The fourth-order valence-electron chi connectivity index (χ4n) is 2.27. The summed E-state index contributed by atoms with van der Waals surface area (Å²) >= 11 is 6.19. The Hall–Kier alpha value is -1.09. The van der Waals surface area contributed by atoms with Crippen LogP contribution in [0, 0.1) is 5.92 Å². The van der Waals surface area contributed by atoms with E-state index in [9.17, 15) is 0 Å². The van der Waals surface area contributed by atoms with E-state index in [1.54, 1.807) is 0 Å². The molecule has 0 bridgehead atoms. The second kappa shape index (κ2) is 4.65. The summed E-state index contributed by atoms with van der Waals surface area (Å²) in [4.78, 5) is 11.7. The lowest BCUT2D eigenvalue weighted by molar-refractivity contribution is 0.630. The number of halogens is 1.